The van der Waals surface area contributed by atoms with E-state index in [0.29, 0.717) is 17.3 Å². The molecule has 9 nitrogen and oxygen atoms in total. The molecule has 0 radical (unpaired) electrons. The molecule has 0 atom stereocenters. The first-order valence-electron chi connectivity index (χ1n) is 8.49. The number of rotatable bonds is 8. The van der Waals surface area contributed by atoms with Crippen molar-refractivity contribution < 1.29 is 28.3 Å². The number of nitro groups is 1. The van der Waals surface area contributed by atoms with Gasteiger partial charge >= 0.3 is 0 Å². The maximum Gasteiger partial charge on any atom is 0.291 e. The smallest absolute Gasteiger partial charge is 0.291 e. The van der Waals surface area contributed by atoms with Gasteiger partial charge < -0.3 is 23.9 Å². The van der Waals surface area contributed by atoms with Crippen LogP contribution < -0.4 is 19.5 Å². The standard InChI is InChI=1S/C20H18N2O7/c1-26-15-4-3-5-16(11-15)28-12-17-6-7-19(29-17)20(23)21-13-8-14(22(24)25)10-18(9-13)27-2/h3-11H,12H2,1-2H3,(H,21,23). The van der Waals surface area contributed by atoms with E-state index >= 15 is 0 Å². The van der Waals surface area contributed by atoms with Crippen molar-refractivity contribution in [1.29, 1.82) is 0 Å². The Morgan fingerprint density at radius 1 is 1.03 bits per heavy atom. The van der Waals surface area contributed by atoms with Gasteiger partial charge in [-0.1, -0.05) is 6.07 Å². The van der Waals surface area contributed by atoms with Crippen molar-refractivity contribution in [2.24, 2.45) is 0 Å². The Labute approximate surface area is 166 Å². The molecule has 29 heavy (non-hydrogen) atoms. The van der Waals surface area contributed by atoms with Gasteiger partial charge in [0.2, 0.25) is 0 Å². The fraction of sp³-hybridized carbons (Fsp3) is 0.150. The van der Waals surface area contributed by atoms with E-state index in [1.165, 1.54) is 31.4 Å². The Morgan fingerprint density at radius 3 is 2.52 bits per heavy atom. The summed E-state index contributed by atoms with van der Waals surface area (Å²) >= 11 is 0. The highest BCUT2D eigenvalue weighted by Crippen LogP contribution is 2.26. The van der Waals surface area contributed by atoms with Crippen LogP contribution in [-0.2, 0) is 6.61 Å². The summed E-state index contributed by atoms with van der Waals surface area (Å²) in [6.07, 6.45) is 0. The molecular formula is C20H18N2O7. The van der Waals surface area contributed by atoms with Crippen molar-refractivity contribution in [3.8, 4) is 17.2 Å². The molecule has 1 N–H and O–H groups in total. The number of amides is 1. The first-order chi connectivity index (χ1) is 14.0. The molecule has 0 aliphatic rings. The molecule has 2 aromatic carbocycles. The first kappa shape index (κ1) is 19.7. The molecule has 0 unspecified atom stereocenters. The number of benzene rings is 2. The fourth-order valence-electron chi connectivity index (χ4n) is 2.49. The van der Waals surface area contributed by atoms with E-state index in [1.54, 1.807) is 37.4 Å². The second kappa shape index (κ2) is 8.79. The minimum atomic E-state index is -0.570. The highest BCUT2D eigenvalue weighted by Gasteiger charge is 2.15. The molecule has 0 bridgehead atoms. The maximum atomic E-state index is 12.4. The van der Waals surface area contributed by atoms with Gasteiger partial charge in [0.1, 0.15) is 29.6 Å². The van der Waals surface area contributed by atoms with E-state index in [4.69, 9.17) is 18.6 Å². The van der Waals surface area contributed by atoms with Crippen LogP contribution in [0.5, 0.6) is 17.2 Å². The number of furan rings is 1. The Balaban J connectivity index is 1.66. The highest BCUT2D eigenvalue weighted by molar-refractivity contribution is 6.02. The topological polar surface area (TPSA) is 113 Å². The first-order valence-corrected chi connectivity index (χ1v) is 8.49. The molecule has 0 aliphatic heterocycles. The van der Waals surface area contributed by atoms with Crippen LogP contribution in [0.1, 0.15) is 16.3 Å². The van der Waals surface area contributed by atoms with E-state index in [9.17, 15) is 14.9 Å². The van der Waals surface area contributed by atoms with Crippen molar-refractivity contribution in [3.63, 3.8) is 0 Å². The van der Waals surface area contributed by atoms with Gasteiger partial charge in [0.25, 0.3) is 11.6 Å². The second-order valence-electron chi connectivity index (χ2n) is 5.86. The molecule has 9 heteroatoms. The SMILES string of the molecule is COc1cccc(OCc2ccc(C(=O)Nc3cc(OC)cc([N+](=O)[O-])c3)o2)c1. The van der Waals surface area contributed by atoms with E-state index in [0.717, 1.165) is 0 Å². The third kappa shape index (κ3) is 5.04. The number of nitrogens with one attached hydrogen (secondary N) is 1. The zero-order valence-electron chi connectivity index (χ0n) is 15.7. The molecule has 0 aliphatic carbocycles. The van der Waals surface area contributed by atoms with Crippen LogP contribution in [0.15, 0.2) is 59.0 Å². The minimum absolute atomic E-state index is 0.0414. The van der Waals surface area contributed by atoms with Gasteiger partial charge in [-0.3, -0.25) is 14.9 Å². The Bertz CT molecular complexity index is 1030. The third-order valence-corrected chi connectivity index (χ3v) is 3.90. The molecule has 150 valence electrons. The van der Waals surface area contributed by atoms with Crippen LogP contribution in [0.25, 0.3) is 0 Å². The number of ether oxygens (including phenoxy) is 3. The summed E-state index contributed by atoms with van der Waals surface area (Å²) in [5, 5.41) is 13.6. The lowest BCUT2D eigenvalue weighted by molar-refractivity contribution is -0.384. The van der Waals surface area contributed by atoms with E-state index in [-0.39, 0.29) is 29.5 Å². The average molecular weight is 398 g/mol. The maximum absolute atomic E-state index is 12.4. The van der Waals surface area contributed by atoms with Gasteiger partial charge in [-0.25, -0.2) is 0 Å². The third-order valence-electron chi connectivity index (χ3n) is 3.90. The number of nitro benzene ring substituents is 1. The van der Waals surface area contributed by atoms with Gasteiger partial charge in [-0.15, -0.1) is 0 Å². The van der Waals surface area contributed by atoms with E-state index in [2.05, 4.69) is 5.32 Å². The Hall–Kier alpha value is -4.01. The summed E-state index contributed by atoms with van der Waals surface area (Å²) < 4.78 is 21.3. The van der Waals surface area contributed by atoms with Crippen molar-refractivity contribution in [2.75, 3.05) is 19.5 Å². The number of non-ortho nitro benzene ring substituents is 1. The highest BCUT2D eigenvalue weighted by atomic mass is 16.6. The molecule has 0 fully saturated rings. The molecule has 1 aromatic heterocycles. The van der Waals surface area contributed by atoms with Crippen LogP contribution in [-0.4, -0.2) is 25.1 Å². The summed E-state index contributed by atoms with van der Waals surface area (Å²) in [7, 11) is 2.94. The Kier molecular flexibility index (Phi) is 5.98. The lowest BCUT2D eigenvalue weighted by Gasteiger charge is -2.07. The summed E-state index contributed by atoms with van der Waals surface area (Å²) in [4.78, 5) is 22.8. The largest absolute Gasteiger partial charge is 0.497 e. The predicted molar refractivity (Wildman–Crippen MR) is 104 cm³/mol. The molecule has 0 spiro atoms. The molecule has 0 saturated carbocycles. The zero-order chi connectivity index (χ0) is 20.8. The number of anilines is 1. The summed E-state index contributed by atoms with van der Waals surface area (Å²) in [6.45, 7) is 0.116. The van der Waals surface area contributed by atoms with Gasteiger partial charge in [-0.05, 0) is 24.3 Å². The second-order valence-corrected chi connectivity index (χ2v) is 5.86. The monoisotopic (exact) mass is 398 g/mol. The van der Waals surface area contributed by atoms with Crippen molar-refractivity contribution in [2.45, 2.75) is 6.61 Å². The van der Waals surface area contributed by atoms with E-state index < -0.39 is 10.8 Å². The van der Waals surface area contributed by atoms with Crippen molar-refractivity contribution >= 4 is 17.3 Å². The molecule has 1 heterocycles. The molecule has 3 rings (SSSR count). The van der Waals surface area contributed by atoms with Crippen LogP contribution in [0.4, 0.5) is 11.4 Å². The summed E-state index contributed by atoms with van der Waals surface area (Å²) in [6, 6.07) is 14.2. The van der Waals surface area contributed by atoms with Crippen LogP contribution in [0, 0.1) is 10.1 Å². The van der Waals surface area contributed by atoms with E-state index in [1.807, 2.05) is 0 Å². The fourth-order valence-corrected chi connectivity index (χ4v) is 2.49. The van der Waals surface area contributed by atoms with Crippen LogP contribution in [0.3, 0.4) is 0 Å². The normalized spacial score (nSPS) is 10.3. The Morgan fingerprint density at radius 2 is 1.79 bits per heavy atom. The number of carbonyl (C=O) groups excluding carboxylic acids is 1. The van der Waals surface area contributed by atoms with Crippen LogP contribution in [0.2, 0.25) is 0 Å². The number of carbonyl (C=O) groups is 1. The number of nitrogens with zero attached hydrogens (tertiary/aromatic N) is 1. The average Bonchev–Trinajstić information content (AvgIpc) is 3.21. The molecule has 0 saturated heterocycles. The minimum Gasteiger partial charge on any atom is -0.497 e. The molecular weight excluding hydrogens is 380 g/mol. The summed E-state index contributed by atoms with van der Waals surface area (Å²) in [5.41, 5.74) is 0.0121. The number of hydrogen-bond donors (Lipinski definition) is 1. The quantitative estimate of drug-likeness (QED) is 0.450. The van der Waals surface area contributed by atoms with Crippen LogP contribution >= 0.6 is 0 Å². The van der Waals surface area contributed by atoms with Crippen molar-refractivity contribution in [1.82, 2.24) is 0 Å². The van der Waals surface area contributed by atoms with Crippen molar-refractivity contribution in [3.05, 3.63) is 76.2 Å². The lowest BCUT2D eigenvalue weighted by atomic mass is 10.2. The number of methoxy groups -OCH3 is 2. The predicted octanol–water partition coefficient (Wildman–Crippen LogP) is 4.04. The lowest BCUT2D eigenvalue weighted by Crippen LogP contribution is -2.11. The van der Waals surface area contributed by atoms with Gasteiger partial charge in [0, 0.05) is 18.2 Å². The van der Waals surface area contributed by atoms with Gasteiger partial charge in [0.05, 0.1) is 30.9 Å². The number of hydrogen-bond acceptors (Lipinski definition) is 7. The zero-order valence-corrected chi connectivity index (χ0v) is 15.7. The summed E-state index contributed by atoms with van der Waals surface area (Å²) in [5.74, 6) is 1.43. The van der Waals surface area contributed by atoms with Gasteiger partial charge in [0.15, 0.2) is 5.76 Å². The van der Waals surface area contributed by atoms with Gasteiger partial charge in [-0.2, -0.15) is 0 Å². The molecule has 1 amide bonds. The molecule has 3 aromatic rings.